The first-order valence-electron chi connectivity index (χ1n) is 9.31. The topological polar surface area (TPSA) is 58.6 Å². The van der Waals surface area contributed by atoms with Crippen molar-refractivity contribution in [3.63, 3.8) is 0 Å². The van der Waals surface area contributed by atoms with Crippen molar-refractivity contribution < 1.29 is 14.6 Å². The van der Waals surface area contributed by atoms with E-state index >= 15 is 0 Å². The number of carbonyl (C=O) groups is 1. The largest absolute Gasteiger partial charge is 0.481 e. The molecule has 0 aromatic carbocycles. The van der Waals surface area contributed by atoms with E-state index in [9.17, 15) is 4.79 Å². The van der Waals surface area contributed by atoms with Gasteiger partial charge in [-0.15, -0.1) is 0 Å². The average Bonchev–Trinajstić information content (AvgIpc) is 2.49. The smallest absolute Gasteiger partial charge is 0.306 e. The third-order valence-electron chi connectivity index (χ3n) is 5.31. The number of nitrogens with one attached hydrogen (secondary N) is 1. The molecule has 0 bridgehead atoms. The summed E-state index contributed by atoms with van der Waals surface area (Å²) < 4.78 is 6.02. The molecule has 4 heteroatoms. The molecule has 0 aromatic heterocycles. The third-order valence-corrected chi connectivity index (χ3v) is 5.31. The van der Waals surface area contributed by atoms with Crippen molar-refractivity contribution in [3.8, 4) is 0 Å². The lowest BCUT2D eigenvalue weighted by Crippen LogP contribution is -2.31. The van der Waals surface area contributed by atoms with Crippen LogP contribution in [-0.4, -0.2) is 36.9 Å². The Morgan fingerprint density at radius 3 is 2.23 bits per heavy atom. The van der Waals surface area contributed by atoms with Crippen LogP contribution in [0, 0.1) is 11.8 Å². The van der Waals surface area contributed by atoms with Crippen LogP contribution in [0.5, 0.6) is 0 Å². The fraction of sp³-hybridized carbons (Fsp3) is 0.944. The highest BCUT2D eigenvalue weighted by atomic mass is 16.5. The van der Waals surface area contributed by atoms with E-state index < -0.39 is 5.97 Å². The number of hydrogen-bond donors (Lipinski definition) is 2. The number of rotatable bonds is 7. The van der Waals surface area contributed by atoms with Gasteiger partial charge in [0.05, 0.1) is 18.6 Å². The number of hydrogen-bond acceptors (Lipinski definition) is 3. The predicted molar refractivity (Wildman–Crippen MR) is 88.0 cm³/mol. The van der Waals surface area contributed by atoms with Crippen LogP contribution in [0.15, 0.2) is 0 Å². The van der Waals surface area contributed by atoms with E-state index in [1.807, 2.05) is 0 Å². The molecule has 2 saturated carbocycles. The Morgan fingerprint density at radius 1 is 0.955 bits per heavy atom. The van der Waals surface area contributed by atoms with Crippen LogP contribution in [0.3, 0.4) is 0 Å². The van der Waals surface area contributed by atoms with E-state index in [0.29, 0.717) is 12.0 Å². The summed E-state index contributed by atoms with van der Waals surface area (Å²) in [6, 6.07) is 0. The zero-order valence-corrected chi connectivity index (χ0v) is 13.9. The van der Waals surface area contributed by atoms with E-state index in [1.165, 1.54) is 44.9 Å². The molecule has 4 nitrogen and oxygen atoms in total. The molecule has 0 saturated heterocycles. The lowest BCUT2D eigenvalue weighted by molar-refractivity contribution is -0.143. The van der Waals surface area contributed by atoms with Crippen LogP contribution in [0.4, 0.5) is 0 Å². The first kappa shape index (κ1) is 17.7. The minimum absolute atomic E-state index is 0.0982. The van der Waals surface area contributed by atoms with E-state index in [1.54, 1.807) is 0 Å². The van der Waals surface area contributed by atoms with Crippen LogP contribution >= 0.6 is 0 Å². The maximum Gasteiger partial charge on any atom is 0.306 e. The Hall–Kier alpha value is -0.610. The van der Waals surface area contributed by atoms with E-state index in [-0.39, 0.29) is 5.92 Å². The van der Waals surface area contributed by atoms with Crippen LogP contribution in [-0.2, 0) is 9.53 Å². The molecule has 128 valence electrons. The summed E-state index contributed by atoms with van der Waals surface area (Å²) in [5.41, 5.74) is 0. The summed E-state index contributed by atoms with van der Waals surface area (Å²) in [5, 5.41) is 12.5. The van der Waals surface area contributed by atoms with E-state index in [2.05, 4.69) is 5.32 Å². The Labute approximate surface area is 135 Å². The van der Waals surface area contributed by atoms with E-state index in [0.717, 1.165) is 45.4 Å². The second-order valence-electron chi connectivity index (χ2n) is 7.10. The number of carboxylic acids is 1. The quantitative estimate of drug-likeness (QED) is 0.705. The molecule has 0 aromatic rings. The van der Waals surface area contributed by atoms with Gasteiger partial charge in [0.1, 0.15) is 0 Å². The third kappa shape index (κ3) is 6.66. The molecule has 2 fully saturated rings. The lowest BCUT2D eigenvalue weighted by atomic mass is 9.82. The Balaban J connectivity index is 1.48. The molecule has 0 atom stereocenters. The van der Waals surface area contributed by atoms with Crippen LogP contribution in [0.2, 0.25) is 0 Å². The van der Waals surface area contributed by atoms with Crippen molar-refractivity contribution in [2.75, 3.05) is 19.7 Å². The molecule has 0 spiro atoms. The molecule has 0 amide bonds. The Bertz CT molecular complexity index is 305. The van der Waals surface area contributed by atoms with Gasteiger partial charge in [-0.1, -0.05) is 32.1 Å². The van der Waals surface area contributed by atoms with E-state index in [4.69, 9.17) is 9.84 Å². The van der Waals surface area contributed by atoms with Crippen molar-refractivity contribution in [2.24, 2.45) is 11.8 Å². The maximum atomic E-state index is 10.9. The van der Waals surface area contributed by atoms with Gasteiger partial charge in [-0.2, -0.15) is 0 Å². The average molecular weight is 311 g/mol. The number of ether oxygens (including phenoxy) is 1. The van der Waals surface area contributed by atoms with Gasteiger partial charge >= 0.3 is 5.97 Å². The second-order valence-corrected chi connectivity index (χ2v) is 7.10. The highest BCUT2D eigenvalue weighted by molar-refractivity contribution is 5.69. The fourth-order valence-corrected chi connectivity index (χ4v) is 3.80. The molecule has 2 N–H and O–H groups in total. The molecule has 0 aliphatic heterocycles. The van der Waals surface area contributed by atoms with Gasteiger partial charge < -0.3 is 15.2 Å². The molecule has 22 heavy (non-hydrogen) atoms. The van der Waals surface area contributed by atoms with Crippen LogP contribution in [0.25, 0.3) is 0 Å². The van der Waals surface area contributed by atoms with Gasteiger partial charge in [0.25, 0.3) is 0 Å². The molecule has 0 heterocycles. The minimum atomic E-state index is -0.612. The summed E-state index contributed by atoms with van der Waals surface area (Å²) in [5.74, 6) is -0.0603. The molecule has 2 aliphatic rings. The van der Waals surface area contributed by atoms with Crippen molar-refractivity contribution in [1.29, 1.82) is 0 Å². The molecule has 0 unspecified atom stereocenters. The molecular weight excluding hydrogens is 278 g/mol. The van der Waals surface area contributed by atoms with Crippen molar-refractivity contribution in [3.05, 3.63) is 0 Å². The summed E-state index contributed by atoms with van der Waals surface area (Å²) in [6.07, 6.45) is 13.5. The number of aliphatic carboxylic acids is 1. The first-order valence-corrected chi connectivity index (χ1v) is 9.31. The van der Waals surface area contributed by atoms with Gasteiger partial charge in [0, 0.05) is 6.54 Å². The lowest BCUT2D eigenvalue weighted by Gasteiger charge is -2.26. The molecule has 2 aliphatic carbocycles. The highest BCUT2D eigenvalue weighted by Crippen LogP contribution is 2.28. The van der Waals surface area contributed by atoms with Crippen LogP contribution in [0.1, 0.15) is 70.6 Å². The molecule has 0 radical (unpaired) electrons. The highest BCUT2D eigenvalue weighted by Gasteiger charge is 2.25. The summed E-state index contributed by atoms with van der Waals surface area (Å²) >= 11 is 0. The molecular formula is C18H33NO3. The molecule has 2 rings (SSSR count). The number of carboxylic acid groups (broad SMARTS) is 1. The van der Waals surface area contributed by atoms with Gasteiger partial charge in [-0.25, -0.2) is 0 Å². The van der Waals surface area contributed by atoms with Gasteiger partial charge in [-0.3, -0.25) is 4.79 Å². The fourth-order valence-electron chi connectivity index (χ4n) is 3.80. The Kier molecular flexibility index (Phi) is 8.24. The predicted octanol–water partition coefficient (Wildman–Crippen LogP) is 3.60. The Morgan fingerprint density at radius 2 is 1.59 bits per heavy atom. The van der Waals surface area contributed by atoms with Gasteiger partial charge in [0.2, 0.25) is 0 Å². The summed E-state index contributed by atoms with van der Waals surface area (Å²) in [7, 11) is 0. The van der Waals surface area contributed by atoms with Gasteiger partial charge in [0.15, 0.2) is 0 Å². The monoisotopic (exact) mass is 311 g/mol. The van der Waals surface area contributed by atoms with Crippen molar-refractivity contribution in [1.82, 2.24) is 5.32 Å². The second kappa shape index (κ2) is 10.2. The zero-order chi connectivity index (χ0) is 15.6. The SMILES string of the molecule is O=C(O)C1CCC(CNCCOC2CCCCCCC2)CC1. The van der Waals surface area contributed by atoms with Crippen molar-refractivity contribution in [2.45, 2.75) is 76.7 Å². The standard InChI is InChI=1S/C18H33NO3/c20-18(21)16-10-8-15(9-11-16)14-19-12-13-22-17-6-4-2-1-3-5-7-17/h15-17,19H,1-14H2,(H,20,21). The first-order chi connectivity index (χ1) is 10.8. The summed E-state index contributed by atoms with van der Waals surface area (Å²) in [4.78, 5) is 10.9. The normalized spacial score (nSPS) is 28.0. The summed E-state index contributed by atoms with van der Waals surface area (Å²) in [6.45, 7) is 2.75. The zero-order valence-electron chi connectivity index (χ0n) is 13.9. The maximum absolute atomic E-state index is 10.9. The van der Waals surface area contributed by atoms with Gasteiger partial charge in [-0.05, 0) is 51.0 Å². The van der Waals surface area contributed by atoms with Crippen LogP contribution < -0.4 is 5.32 Å². The minimum Gasteiger partial charge on any atom is -0.481 e. The van der Waals surface area contributed by atoms with Crippen molar-refractivity contribution >= 4 is 5.97 Å².